The Labute approximate surface area is 163 Å². The predicted molar refractivity (Wildman–Crippen MR) is 107 cm³/mol. The van der Waals surface area contributed by atoms with Crippen LogP contribution in [0, 0.1) is 13.8 Å². The fourth-order valence-corrected chi connectivity index (χ4v) is 3.08. The smallest absolute Gasteiger partial charge is 0.343 e. The number of carbonyl (C=O) groups is 2. The molecule has 0 fully saturated rings. The van der Waals surface area contributed by atoms with Crippen LogP contribution in [0.5, 0.6) is 11.5 Å². The van der Waals surface area contributed by atoms with Crippen LogP contribution in [-0.4, -0.2) is 11.8 Å². The molecule has 0 atom stereocenters. The van der Waals surface area contributed by atoms with Crippen molar-refractivity contribution in [2.75, 3.05) is 0 Å². The molecule has 0 radical (unpaired) electrons. The predicted octanol–water partition coefficient (Wildman–Crippen LogP) is 5.14. The van der Waals surface area contributed by atoms with E-state index >= 15 is 0 Å². The average molecular weight is 370 g/mol. The highest BCUT2D eigenvalue weighted by molar-refractivity contribution is 6.14. The molecule has 0 N–H and O–H groups in total. The molecule has 0 aromatic heterocycles. The Morgan fingerprint density at radius 2 is 1.64 bits per heavy atom. The average Bonchev–Trinajstić information content (AvgIpc) is 2.99. The molecular formula is C24H18O4. The zero-order valence-corrected chi connectivity index (χ0v) is 15.6. The Kier molecular flexibility index (Phi) is 4.53. The molecule has 3 aromatic carbocycles. The summed E-state index contributed by atoms with van der Waals surface area (Å²) in [5.41, 5.74) is 3.76. The van der Waals surface area contributed by atoms with Gasteiger partial charge in [-0.2, -0.15) is 0 Å². The highest BCUT2D eigenvalue weighted by Gasteiger charge is 2.28. The Hall–Kier alpha value is -3.66. The topological polar surface area (TPSA) is 52.6 Å². The zero-order valence-electron chi connectivity index (χ0n) is 15.6. The van der Waals surface area contributed by atoms with Crippen LogP contribution in [-0.2, 0) is 0 Å². The molecule has 0 amide bonds. The summed E-state index contributed by atoms with van der Waals surface area (Å²) in [6.45, 7) is 3.83. The van der Waals surface area contributed by atoms with Crippen molar-refractivity contribution in [2.45, 2.75) is 13.8 Å². The highest BCUT2D eigenvalue weighted by atomic mass is 16.5. The van der Waals surface area contributed by atoms with Gasteiger partial charge in [0.25, 0.3) is 0 Å². The number of fused-ring (bicyclic) bond motifs is 1. The Bertz CT molecular complexity index is 1120. The maximum Gasteiger partial charge on any atom is 0.343 e. The summed E-state index contributed by atoms with van der Waals surface area (Å²) >= 11 is 0. The first-order valence-electron chi connectivity index (χ1n) is 8.94. The molecule has 4 heteroatoms. The van der Waals surface area contributed by atoms with Gasteiger partial charge in [0.05, 0.1) is 11.1 Å². The fraction of sp³-hybridized carbons (Fsp3) is 0.0833. The molecular weight excluding hydrogens is 352 g/mol. The van der Waals surface area contributed by atoms with Gasteiger partial charge in [-0.3, -0.25) is 4.79 Å². The van der Waals surface area contributed by atoms with Crippen molar-refractivity contribution in [3.8, 4) is 11.5 Å². The van der Waals surface area contributed by atoms with Crippen molar-refractivity contribution in [1.29, 1.82) is 0 Å². The SMILES string of the molecule is Cc1ccccc1/C=C1\Oc2cc(OC(=O)c3ccccc3C)ccc2C1=O. The number of hydrogen-bond donors (Lipinski definition) is 0. The minimum atomic E-state index is -0.446. The van der Waals surface area contributed by atoms with E-state index in [1.807, 2.05) is 50.2 Å². The number of hydrogen-bond acceptors (Lipinski definition) is 4. The van der Waals surface area contributed by atoms with Crippen molar-refractivity contribution >= 4 is 17.8 Å². The monoisotopic (exact) mass is 370 g/mol. The second-order valence-electron chi connectivity index (χ2n) is 6.66. The standard InChI is InChI=1S/C24H18O4/c1-15-7-3-5-9-17(15)13-22-23(25)20-12-11-18(14-21(20)28-22)27-24(26)19-10-6-4-8-16(19)2/h3-14H,1-2H3/b22-13-. The molecule has 1 aliphatic rings. The lowest BCUT2D eigenvalue weighted by Crippen LogP contribution is -2.10. The lowest BCUT2D eigenvalue weighted by atomic mass is 10.1. The molecule has 0 unspecified atom stereocenters. The van der Waals surface area contributed by atoms with Gasteiger partial charge < -0.3 is 9.47 Å². The van der Waals surface area contributed by atoms with E-state index in [4.69, 9.17) is 9.47 Å². The zero-order chi connectivity index (χ0) is 19.7. The number of esters is 1. The van der Waals surface area contributed by atoms with E-state index in [1.54, 1.807) is 36.4 Å². The molecule has 4 rings (SSSR count). The lowest BCUT2D eigenvalue weighted by molar-refractivity contribution is 0.0733. The maximum atomic E-state index is 12.6. The molecule has 4 nitrogen and oxygen atoms in total. The van der Waals surface area contributed by atoms with E-state index in [1.165, 1.54) is 0 Å². The van der Waals surface area contributed by atoms with E-state index in [-0.39, 0.29) is 11.5 Å². The van der Waals surface area contributed by atoms with E-state index < -0.39 is 5.97 Å². The van der Waals surface area contributed by atoms with Crippen LogP contribution < -0.4 is 9.47 Å². The molecule has 1 heterocycles. The van der Waals surface area contributed by atoms with E-state index in [2.05, 4.69) is 0 Å². The van der Waals surface area contributed by atoms with Gasteiger partial charge in [0.2, 0.25) is 5.78 Å². The number of benzene rings is 3. The number of allylic oxidation sites excluding steroid dienone is 1. The lowest BCUT2D eigenvalue weighted by Gasteiger charge is -2.07. The molecule has 28 heavy (non-hydrogen) atoms. The van der Waals surface area contributed by atoms with Gasteiger partial charge in [-0.15, -0.1) is 0 Å². The van der Waals surface area contributed by atoms with Crippen LogP contribution in [0.25, 0.3) is 6.08 Å². The van der Waals surface area contributed by atoms with Crippen LogP contribution in [0.3, 0.4) is 0 Å². The minimum Gasteiger partial charge on any atom is -0.452 e. The van der Waals surface area contributed by atoms with Gasteiger partial charge in [-0.25, -0.2) is 4.79 Å². The van der Waals surface area contributed by atoms with Gasteiger partial charge in [-0.1, -0.05) is 42.5 Å². The summed E-state index contributed by atoms with van der Waals surface area (Å²) < 4.78 is 11.2. The first-order valence-corrected chi connectivity index (χ1v) is 8.94. The number of aryl methyl sites for hydroxylation is 2. The fourth-order valence-electron chi connectivity index (χ4n) is 3.08. The highest BCUT2D eigenvalue weighted by Crippen LogP contribution is 2.35. The molecule has 1 aliphatic heterocycles. The van der Waals surface area contributed by atoms with Crippen LogP contribution in [0.15, 0.2) is 72.5 Å². The van der Waals surface area contributed by atoms with E-state index in [0.29, 0.717) is 22.6 Å². The summed E-state index contributed by atoms with van der Waals surface area (Å²) in [6.07, 6.45) is 1.73. The van der Waals surface area contributed by atoms with E-state index in [9.17, 15) is 9.59 Å². The van der Waals surface area contributed by atoms with Crippen molar-refractivity contribution in [3.05, 3.63) is 100 Å². The first kappa shape index (κ1) is 17.7. The van der Waals surface area contributed by atoms with Crippen molar-refractivity contribution < 1.29 is 19.1 Å². The number of rotatable bonds is 3. The number of ether oxygens (including phenoxy) is 2. The van der Waals surface area contributed by atoms with Crippen molar-refractivity contribution in [3.63, 3.8) is 0 Å². The van der Waals surface area contributed by atoms with Gasteiger partial charge in [-0.05, 0) is 54.8 Å². The molecule has 0 saturated carbocycles. The maximum absolute atomic E-state index is 12.6. The second kappa shape index (κ2) is 7.16. The summed E-state index contributed by atoms with van der Waals surface area (Å²) in [7, 11) is 0. The van der Waals surface area contributed by atoms with E-state index in [0.717, 1.165) is 16.7 Å². The van der Waals surface area contributed by atoms with Gasteiger partial charge >= 0.3 is 5.97 Å². The quantitative estimate of drug-likeness (QED) is 0.364. The van der Waals surface area contributed by atoms with Crippen LogP contribution in [0.1, 0.15) is 37.4 Å². The van der Waals surface area contributed by atoms with Crippen LogP contribution in [0.2, 0.25) is 0 Å². The molecule has 0 bridgehead atoms. The molecule has 138 valence electrons. The third kappa shape index (κ3) is 3.32. The summed E-state index contributed by atoms with van der Waals surface area (Å²) in [4.78, 5) is 25.0. The second-order valence-corrected chi connectivity index (χ2v) is 6.66. The third-order valence-corrected chi connectivity index (χ3v) is 4.69. The van der Waals surface area contributed by atoms with Gasteiger partial charge in [0.15, 0.2) is 5.76 Å². The van der Waals surface area contributed by atoms with Crippen LogP contribution >= 0.6 is 0 Å². The minimum absolute atomic E-state index is 0.185. The largest absolute Gasteiger partial charge is 0.452 e. The van der Waals surface area contributed by atoms with Crippen LogP contribution in [0.4, 0.5) is 0 Å². The van der Waals surface area contributed by atoms with Crippen molar-refractivity contribution in [1.82, 2.24) is 0 Å². The van der Waals surface area contributed by atoms with Gasteiger partial charge in [0.1, 0.15) is 11.5 Å². The Morgan fingerprint density at radius 3 is 2.39 bits per heavy atom. The Morgan fingerprint density at radius 1 is 0.929 bits per heavy atom. The number of ketones is 1. The van der Waals surface area contributed by atoms with Gasteiger partial charge in [0, 0.05) is 6.07 Å². The normalized spacial score (nSPS) is 13.9. The first-order chi connectivity index (χ1) is 13.5. The number of carbonyl (C=O) groups excluding carboxylic acids is 2. The Balaban J connectivity index is 1.58. The third-order valence-electron chi connectivity index (χ3n) is 4.69. The molecule has 0 aliphatic carbocycles. The molecule has 0 saturated heterocycles. The van der Waals surface area contributed by atoms with Crippen molar-refractivity contribution in [2.24, 2.45) is 0 Å². The summed E-state index contributed by atoms with van der Waals surface area (Å²) in [5, 5.41) is 0. The molecule has 0 spiro atoms. The summed E-state index contributed by atoms with van der Waals surface area (Å²) in [5.74, 6) is 0.344. The summed E-state index contributed by atoms with van der Waals surface area (Å²) in [6, 6.07) is 19.8. The number of Topliss-reactive ketones (excluding diaryl/α,β-unsaturated/α-hetero) is 1. The molecule has 3 aromatic rings.